The van der Waals surface area contributed by atoms with Gasteiger partial charge < -0.3 is 58.7 Å². The molecule has 2 aromatic carbocycles. The minimum Gasteiger partial charge on any atom is -1.00 e. The number of benzene rings is 2. The number of nitro groups is 2. The quantitative estimate of drug-likeness (QED) is 0.0996. The minimum atomic E-state index is -1.58. The summed E-state index contributed by atoms with van der Waals surface area (Å²) in [6.07, 6.45) is -0.0595. The van der Waals surface area contributed by atoms with Crippen LogP contribution in [0.25, 0.3) is 0 Å². The summed E-state index contributed by atoms with van der Waals surface area (Å²) in [5, 5.41) is 45.9. The molecule has 2 aromatic rings. The molecule has 248 valence electrons. The van der Waals surface area contributed by atoms with Crippen LogP contribution in [0.5, 0.6) is 0 Å². The Balaban J connectivity index is -0.000000231. The Labute approximate surface area is 260 Å². The molecule has 0 radical (unpaired) electrons. The predicted molar refractivity (Wildman–Crippen MR) is 161 cm³/mol. The first kappa shape index (κ1) is 46.5. The second-order valence-electron chi connectivity index (χ2n) is 10.7. The monoisotopic (exact) mass is 635 g/mol. The number of nitrogens with zero attached hydrogens (tertiary/aromatic N) is 4. The van der Waals surface area contributed by atoms with E-state index in [4.69, 9.17) is 31.6 Å². The molecule has 15 nitrogen and oxygen atoms in total. The van der Waals surface area contributed by atoms with Crippen molar-refractivity contribution in [2.75, 3.05) is 81.7 Å². The molecule has 43 heavy (non-hydrogen) atoms. The molecule has 8 N–H and O–H groups in total. The van der Waals surface area contributed by atoms with Crippen LogP contribution < -0.4 is 34.7 Å². The predicted octanol–water partition coefficient (Wildman–Crippen LogP) is -3.15. The van der Waals surface area contributed by atoms with E-state index >= 15 is 0 Å². The number of hydrogen-bond acceptors (Lipinski definition) is 10. The molecule has 0 fully saturated rings. The average Bonchev–Trinajstić information content (AvgIpc) is 2.84. The normalized spacial score (nSPS) is 9.91. The van der Waals surface area contributed by atoms with E-state index in [1.807, 2.05) is 0 Å². The van der Waals surface area contributed by atoms with Gasteiger partial charge in [0.15, 0.2) is 0 Å². The second kappa shape index (κ2) is 26.2. The highest BCUT2D eigenvalue weighted by Crippen LogP contribution is 2.12. The molecule has 0 aromatic heterocycles. The number of hydrogen-bond donors (Lipinski definition) is 5. The fourth-order valence-corrected chi connectivity index (χ4v) is 2.50. The summed E-state index contributed by atoms with van der Waals surface area (Å²) >= 11 is 0. The van der Waals surface area contributed by atoms with Gasteiger partial charge in [-0.05, 0) is 37.1 Å². The highest BCUT2D eigenvalue weighted by molar-refractivity contribution is 5.58. The molecular formula is C27H50ClN7O8. The molecule has 2 rings (SSSR count). The highest BCUT2D eigenvalue weighted by atomic mass is 35.5. The summed E-state index contributed by atoms with van der Waals surface area (Å²) in [6.45, 7) is 3.36. The molecule has 0 bridgehead atoms. The number of carbonyl (C=O) groups is 1. The van der Waals surface area contributed by atoms with Crippen molar-refractivity contribution in [1.82, 2.24) is 0 Å². The average molecular weight is 636 g/mol. The van der Waals surface area contributed by atoms with Gasteiger partial charge in [0, 0.05) is 24.3 Å². The Kier molecular flexibility index (Phi) is 28.4. The first-order valence-electron chi connectivity index (χ1n) is 13.0. The number of likely N-dealkylation sites (N-methyl/N-ethyl adjacent to an activating group) is 2. The number of non-ortho nitro benzene ring substituents is 2. The van der Waals surface area contributed by atoms with E-state index in [0.29, 0.717) is 13.1 Å². The number of quaternary nitrogens is 2. The summed E-state index contributed by atoms with van der Waals surface area (Å²) in [7, 11) is 12.3. The molecule has 0 spiro atoms. The van der Waals surface area contributed by atoms with Crippen LogP contribution in [0, 0.1) is 20.2 Å². The lowest BCUT2D eigenvalue weighted by Gasteiger charge is -2.21. The van der Waals surface area contributed by atoms with Crippen LogP contribution in [-0.2, 0) is 12.8 Å². The standard InChI is InChI=1S/2C8H10N2O2.2C5H14NO.CH3NO2.ClH/c2*9-6-5-7-1-3-8(4-2-7)10(11)12;2*1-6(2,3)4-5-7;2-1(3)4;/h2*1-4H,5-6,9H2;2*7H,4-5H2,1-3H3;2H2,(H,3,4);1H/q;;2*+1;;/p-2. The van der Waals surface area contributed by atoms with Crippen molar-refractivity contribution in [1.29, 1.82) is 0 Å². The third-order valence-electron chi connectivity index (χ3n) is 4.70. The highest BCUT2D eigenvalue weighted by Gasteiger charge is 2.04. The lowest BCUT2D eigenvalue weighted by molar-refractivity contribution is -0.870. The van der Waals surface area contributed by atoms with Crippen molar-refractivity contribution in [2.45, 2.75) is 12.8 Å². The van der Waals surface area contributed by atoms with Crippen LogP contribution in [0.4, 0.5) is 16.2 Å². The van der Waals surface area contributed by atoms with Crippen molar-refractivity contribution in [3.8, 4) is 0 Å². The van der Waals surface area contributed by atoms with E-state index in [9.17, 15) is 20.2 Å². The second-order valence-corrected chi connectivity index (χ2v) is 10.7. The number of aliphatic hydroxyl groups is 2. The van der Waals surface area contributed by atoms with Crippen LogP contribution >= 0.6 is 0 Å². The molecule has 0 saturated heterocycles. The third kappa shape index (κ3) is 34.7. The van der Waals surface area contributed by atoms with Gasteiger partial charge in [-0.3, -0.25) is 20.2 Å². The van der Waals surface area contributed by atoms with Crippen molar-refractivity contribution in [3.63, 3.8) is 0 Å². The number of nitrogens with two attached hydrogens (primary N) is 3. The summed E-state index contributed by atoms with van der Waals surface area (Å²) in [4.78, 5) is 28.3. The van der Waals surface area contributed by atoms with Crippen molar-refractivity contribution >= 4 is 17.5 Å². The van der Waals surface area contributed by atoms with E-state index in [0.717, 1.165) is 46.0 Å². The lowest BCUT2D eigenvalue weighted by Crippen LogP contribution is -3.00. The smallest absolute Gasteiger partial charge is 0.269 e. The maximum atomic E-state index is 10.3. The maximum Gasteiger partial charge on any atom is 0.269 e. The molecule has 0 heterocycles. The fourth-order valence-electron chi connectivity index (χ4n) is 2.50. The first-order valence-corrected chi connectivity index (χ1v) is 13.0. The van der Waals surface area contributed by atoms with E-state index < -0.39 is 15.9 Å². The van der Waals surface area contributed by atoms with Gasteiger partial charge in [0.1, 0.15) is 19.2 Å². The number of amides is 1. The summed E-state index contributed by atoms with van der Waals surface area (Å²) in [6, 6.07) is 12.9. The Morgan fingerprint density at radius 3 is 1.05 bits per heavy atom. The number of carboxylic acid groups (broad SMARTS) is 1. The molecule has 16 heteroatoms. The van der Waals surface area contributed by atoms with Gasteiger partial charge in [-0.15, -0.1) is 0 Å². The van der Waals surface area contributed by atoms with Crippen LogP contribution in [0.1, 0.15) is 11.1 Å². The molecule has 1 amide bonds. The number of rotatable bonds is 10. The van der Waals surface area contributed by atoms with Gasteiger partial charge in [-0.25, -0.2) is 0 Å². The first-order chi connectivity index (χ1) is 19.3. The molecule has 0 unspecified atom stereocenters. The Morgan fingerprint density at radius 2 is 0.930 bits per heavy atom. The van der Waals surface area contributed by atoms with E-state index in [2.05, 4.69) is 48.0 Å². The maximum absolute atomic E-state index is 10.3. The van der Waals surface area contributed by atoms with Gasteiger partial charge >= 0.3 is 0 Å². The number of primary amides is 1. The fraction of sp³-hybridized carbons (Fsp3) is 0.519. The zero-order chi connectivity index (χ0) is 33.4. The van der Waals surface area contributed by atoms with Gasteiger partial charge in [0.05, 0.1) is 65.3 Å². The van der Waals surface area contributed by atoms with Crippen molar-refractivity contribution in [3.05, 3.63) is 79.9 Å². The van der Waals surface area contributed by atoms with Gasteiger partial charge in [-0.2, -0.15) is 0 Å². The largest absolute Gasteiger partial charge is 1.00 e. The number of carbonyl (C=O) groups excluding carboxylic acids is 1. The minimum absolute atomic E-state index is 0. The van der Waals surface area contributed by atoms with E-state index in [1.165, 1.54) is 24.3 Å². The van der Waals surface area contributed by atoms with Crippen LogP contribution in [-0.4, -0.2) is 117 Å². The van der Waals surface area contributed by atoms with Gasteiger partial charge in [0.25, 0.3) is 11.4 Å². The Morgan fingerprint density at radius 1 is 0.698 bits per heavy atom. The summed E-state index contributed by atoms with van der Waals surface area (Å²) in [5.41, 5.74) is 16.9. The molecule has 0 aliphatic heterocycles. The van der Waals surface area contributed by atoms with Gasteiger partial charge in [-0.1, -0.05) is 24.3 Å². The SMILES string of the molecule is C[N+](C)(C)CCO.C[N+](C)(C)CCO.NC(=O)[O-].NCCc1ccc([N+](=O)[O-])cc1.NCCc1ccc([N+](=O)[O-])cc1.[Cl-]. The van der Waals surface area contributed by atoms with E-state index in [1.54, 1.807) is 24.3 Å². The summed E-state index contributed by atoms with van der Waals surface area (Å²) < 4.78 is 1.69. The lowest BCUT2D eigenvalue weighted by atomic mass is 10.1. The third-order valence-corrected chi connectivity index (χ3v) is 4.70. The molecule has 0 aliphatic rings. The number of nitro benzene ring substituents is 2. The zero-order valence-electron chi connectivity index (χ0n) is 26.0. The molecular weight excluding hydrogens is 586 g/mol. The molecule has 0 aliphatic carbocycles. The Hall–Kier alpha value is -3.44. The van der Waals surface area contributed by atoms with Crippen LogP contribution in [0.15, 0.2) is 48.5 Å². The zero-order valence-corrected chi connectivity index (χ0v) is 26.8. The van der Waals surface area contributed by atoms with Crippen molar-refractivity contribution in [2.24, 2.45) is 17.2 Å². The van der Waals surface area contributed by atoms with Crippen LogP contribution in [0.3, 0.4) is 0 Å². The number of aliphatic hydroxyl groups excluding tert-OH is 2. The Bertz CT molecular complexity index is 919. The molecule has 0 saturated carbocycles. The van der Waals surface area contributed by atoms with E-state index in [-0.39, 0.29) is 37.0 Å². The summed E-state index contributed by atoms with van der Waals surface area (Å²) in [5.74, 6) is 0. The topological polar surface area (TPSA) is 245 Å². The van der Waals surface area contributed by atoms with Crippen LogP contribution in [0.2, 0.25) is 0 Å². The van der Waals surface area contributed by atoms with Crippen molar-refractivity contribution < 1.29 is 51.3 Å². The van der Waals surface area contributed by atoms with Gasteiger partial charge in [0.2, 0.25) is 0 Å². The molecule has 0 atom stereocenters. The number of halogens is 1.